The normalized spacial score (nSPS) is 10.8. The van der Waals surface area contributed by atoms with Gasteiger partial charge < -0.3 is 14.6 Å². The number of halogens is 1. The van der Waals surface area contributed by atoms with Crippen LogP contribution in [-0.4, -0.2) is 16.7 Å². The monoisotopic (exact) mass is 353 g/mol. The molecule has 0 unspecified atom stereocenters. The Morgan fingerprint density at radius 1 is 1.33 bits per heavy atom. The summed E-state index contributed by atoms with van der Waals surface area (Å²) in [5, 5.41) is 7.22. The SMILES string of the molecule is CCCc1nc(COc2ccc(Br)cc2CNCC)no1. The Labute approximate surface area is 133 Å². The fraction of sp³-hybridized carbons (Fsp3) is 0.467. The van der Waals surface area contributed by atoms with Crippen LogP contribution >= 0.6 is 15.9 Å². The molecule has 0 atom stereocenters. The third-order valence-corrected chi connectivity index (χ3v) is 3.41. The van der Waals surface area contributed by atoms with Gasteiger partial charge in [0.15, 0.2) is 6.61 Å². The van der Waals surface area contributed by atoms with Crippen molar-refractivity contribution in [1.29, 1.82) is 0 Å². The Bertz CT molecular complexity index is 572. The smallest absolute Gasteiger partial charge is 0.226 e. The largest absolute Gasteiger partial charge is 0.485 e. The molecule has 21 heavy (non-hydrogen) atoms. The second-order valence-corrected chi connectivity index (χ2v) is 5.59. The minimum atomic E-state index is 0.313. The van der Waals surface area contributed by atoms with Crippen molar-refractivity contribution in [2.24, 2.45) is 0 Å². The van der Waals surface area contributed by atoms with Crippen LogP contribution in [-0.2, 0) is 19.6 Å². The first kappa shape index (κ1) is 16.0. The predicted molar refractivity (Wildman–Crippen MR) is 84.1 cm³/mol. The molecule has 6 heteroatoms. The molecule has 2 aromatic rings. The van der Waals surface area contributed by atoms with E-state index in [0.29, 0.717) is 18.3 Å². The molecule has 1 aromatic heterocycles. The molecule has 0 aliphatic rings. The molecule has 1 aromatic carbocycles. The highest BCUT2D eigenvalue weighted by Crippen LogP contribution is 2.24. The molecule has 0 radical (unpaired) electrons. The Balaban J connectivity index is 2.00. The molecule has 1 N–H and O–H groups in total. The number of ether oxygens (including phenoxy) is 1. The summed E-state index contributed by atoms with van der Waals surface area (Å²) in [5.74, 6) is 2.08. The number of nitrogens with zero attached hydrogens (tertiary/aromatic N) is 2. The van der Waals surface area contributed by atoms with Crippen molar-refractivity contribution in [3.8, 4) is 5.75 Å². The first-order valence-corrected chi connectivity index (χ1v) is 7.95. The number of rotatable bonds is 8. The third kappa shape index (κ3) is 4.82. The van der Waals surface area contributed by atoms with Gasteiger partial charge in [-0.25, -0.2) is 0 Å². The Hall–Kier alpha value is -1.40. The zero-order valence-electron chi connectivity index (χ0n) is 12.4. The van der Waals surface area contributed by atoms with Crippen LogP contribution in [0.4, 0.5) is 0 Å². The van der Waals surface area contributed by atoms with Crippen molar-refractivity contribution in [2.75, 3.05) is 6.54 Å². The summed E-state index contributed by atoms with van der Waals surface area (Å²) in [6.45, 7) is 6.14. The average Bonchev–Trinajstić information content (AvgIpc) is 2.92. The van der Waals surface area contributed by atoms with Gasteiger partial charge in [-0.1, -0.05) is 34.9 Å². The summed E-state index contributed by atoms with van der Waals surface area (Å²) < 4.78 is 12.0. The van der Waals surface area contributed by atoms with Crippen molar-refractivity contribution >= 4 is 15.9 Å². The van der Waals surface area contributed by atoms with Crippen LogP contribution in [0.1, 0.15) is 37.5 Å². The lowest BCUT2D eigenvalue weighted by molar-refractivity contribution is 0.282. The quantitative estimate of drug-likeness (QED) is 0.787. The van der Waals surface area contributed by atoms with Crippen LogP contribution in [0, 0.1) is 0 Å². The lowest BCUT2D eigenvalue weighted by atomic mass is 10.2. The molecule has 0 saturated heterocycles. The number of aromatic nitrogens is 2. The molecule has 0 amide bonds. The molecule has 0 fully saturated rings. The second kappa shape index (κ2) is 8.14. The molecule has 0 aliphatic carbocycles. The van der Waals surface area contributed by atoms with Crippen LogP contribution in [0.5, 0.6) is 5.75 Å². The van der Waals surface area contributed by atoms with Crippen molar-refractivity contribution in [1.82, 2.24) is 15.5 Å². The van der Waals surface area contributed by atoms with E-state index in [1.165, 1.54) is 0 Å². The Morgan fingerprint density at radius 2 is 2.19 bits per heavy atom. The Morgan fingerprint density at radius 3 is 2.95 bits per heavy atom. The lowest BCUT2D eigenvalue weighted by Crippen LogP contribution is -2.13. The minimum Gasteiger partial charge on any atom is -0.485 e. The van der Waals surface area contributed by atoms with Gasteiger partial charge >= 0.3 is 0 Å². The average molecular weight is 354 g/mol. The zero-order chi connectivity index (χ0) is 15.1. The highest BCUT2D eigenvalue weighted by Gasteiger charge is 2.09. The van der Waals surface area contributed by atoms with Crippen LogP contribution in [0.25, 0.3) is 0 Å². The van der Waals surface area contributed by atoms with Crippen molar-refractivity contribution in [3.63, 3.8) is 0 Å². The summed E-state index contributed by atoms with van der Waals surface area (Å²) in [7, 11) is 0. The molecule has 5 nitrogen and oxygen atoms in total. The maximum Gasteiger partial charge on any atom is 0.226 e. The molecule has 0 spiro atoms. The molecule has 1 heterocycles. The third-order valence-electron chi connectivity index (χ3n) is 2.92. The maximum absolute atomic E-state index is 5.82. The number of benzene rings is 1. The number of hydrogen-bond donors (Lipinski definition) is 1. The van der Waals surface area contributed by atoms with E-state index in [2.05, 4.69) is 51.3 Å². The van der Waals surface area contributed by atoms with Gasteiger partial charge in [-0.3, -0.25) is 0 Å². The van der Waals surface area contributed by atoms with Gasteiger partial charge in [0.25, 0.3) is 0 Å². The van der Waals surface area contributed by atoms with Gasteiger partial charge in [0, 0.05) is 23.0 Å². The molecule has 0 bridgehead atoms. The van der Waals surface area contributed by atoms with Gasteiger partial charge in [0.2, 0.25) is 11.7 Å². The highest BCUT2D eigenvalue weighted by molar-refractivity contribution is 9.10. The lowest BCUT2D eigenvalue weighted by Gasteiger charge is -2.11. The van der Waals surface area contributed by atoms with Crippen LogP contribution < -0.4 is 10.1 Å². The molecule has 2 rings (SSSR count). The van der Waals surface area contributed by atoms with Gasteiger partial charge in [0.05, 0.1) is 0 Å². The highest BCUT2D eigenvalue weighted by atomic mass is 79.9. The Kier molecular flexibility index (Phi) is 6.20. The topological polar surface area (TPSA) is 60.2 Å². The summed E-state index contributed by atoms with van der Waals surface area (Å²) in [4.78, 5) is 4.30. The van der Waals surface area contributed by atoms with Crippen molar-refractivity contribution in [3.05, 3.63) is 40.0 Å². The number of nitrogens with one attached hydrogen (secondary N) is 1. The first-order valence-electron chi connectivity index (χ1n) is 7.16. The van der Waals surface area contributed by atoms with Gasteiger partial charge in [-0.05, 0) is 31.2 Å². The fourth-order valence-electron chi connectivity index (χ4n) is 1.89. The predicted octanol–water partition coefficient (Wildman–Crippen LogP) is 3.47. The van der Waals surface area contributed by atoms with E-state index in [4.69, 9.17) is 9.26 Å². The summed E-state index contributed by atoms with van der Waals surface area (Å²) in [6.07, 6.45) is 1.79. The second-order valence-electron chi connectivity index (χ2n) is 4.68. The van der Waals surface area contributed by atoms with Gasteiger partial charge in [0.1, 0.15) is 5.75 Å². The number of aryl methyl sites for hydroxylation is 1. The first-order chi connectivity index (χ1) is 10.2. The van der Waals surface area contributed by atoms with Crippen LogP contribution in [0.3, 0.4) is 0 Å². The summed E-state index contributed by atoms with van der Waals surface area (Å²) in [6, 6.07) is 5.96. The standard InChI is InChI=1S/C15H20BrN3O2/c1-3-5-15-18-14(19-21-15)10-20-13-7-6-12(16)8-11(13)9-17-4-2/h6-8,17H,3-5,9-10H2,1-2H3. The van der Waals surface area contributed by atoms with Gasteiger partial charge in [-0.2, -0.15) is 4.98 Å². The van der Waals surface area contributed by atoms with E-state index in [-0.39, 0.29) is 0 Å². The molecule has 114 valence electrons. The van der Waals surface area contributed by atoms with Gasteiger partial charge in [-0.15, -0.1) is 0 Å². The molecule has 0 saturated carbocycles. The number of hydrogen-bond acceptors (Lipinski definition) is 5. The zero-order valence-corrected chi connectivity index (χ0v) is 13.9. The van der Waals surface area contributed by atoms with E-state index < -0.39 is 0 Å². The van der Waals surface area contributed by atoms with E-state index in [9.17, 15) is 0 Å². The van der Waals surface area contributed by atoms with E-state index in [1.807, 2.05) is 12.1 Å². The van der Waals surface area contributed by atoms with Crippen molar-refractivity contribution < 1.29 is 9.26 Å². The fourth-order valence-corrected chi connectivity index (χ4v) is 2.30. The van der Waals surface area contributed by atoms with Crippen molar-refractivity contribution in [2.45, 2.75) is 39.8 Å². The summed E-state index contributed by atoms with van der Waals surface area (Å²) in [5.41, 5.74) is 1.10. The summed E-state index contributed by atoms with van der Waals surface area (Å²) >= 11 is 3.48. The van der Waals surface area contributed by atoms with E-state index in [1.54, 1.807) is 0 Å². The molecular weight excluding hydrogens is 334 g/mol. The van der Waals surface area contributed by atoms with Crippen LogP contribution in [0.2, 0.25) is 0 Å². The maximum atomic E-state index is 5.82. The van der Waals surface area contributed by atoms with E-state index >= 15 is 0 Å². The minimum absolute atomic E-state index is 0.313. The van der Waals surface area contributed by atoms with E-state index in [0.717, 1.165) is 41.7 Å². The molecular formula is C15H20BrN3O2. The molecule has 0 aliphatic heterocycles. The van der Waals surface area contributed by atoms with Crippen LogP contribution in [0.15, 0.2) is 27.2 Å².